The molecule has 1 aromatic heterocycles. The van der Waals surface area contributed by atoms with Gasteiger partial charge in [0.25, 0.3) is 0 Å². The first kappa shape index (κ1) is 12.5. The Labute approximate surface area is 116 Å². The highest BCUT2D eigenvalue weighted by molar-refractivity contribution is 6.30. The third kappa shape index (κ3) is 2.91. The molecule has 1 saturated carbocycles. The fourth-order valence-electron chi connectivity index (χ4n) is 1.91. The van der Waals surface area contributed by atoms with E-state index >= 15 is 0 Å². The molecule has 100 valence electrons. The Morgan fingerprint density at radius 3 is 3.05 bits per heavy atom. The van der Waals surface area contributed by atoms with E-state index in [0.717, 1.165) is 11.3 Å². The summed E-state index contributed by atoms with van der Waals surface area (Å²) in [5.74, 6) is 2.08. The molecule has 4 nitrogen and oxygen atoms in total. The maximum absolute atomic E-state index is 6.01. The quantitative estimate of drug-likeness (QED) is 0.912. The fraction of sp³-hybridized carbons (Fsp3) is 0.357. The molecule has 0 radical (unpaired) electrons. The van der Waals surface area contributed by atoms with E-state index in [1.807, 2.05) is 12.1 Å². The van der Waals surface area contributed by atoms with Crippen molar-refractivity contribution in [1.82, 2.24) is 10.3 Å². The second-order valence-corrected chi connectivity index (χ2v) is 5.05. The Hall–Kier alpha value is -1.52. The summed E-state index contributed by atoms with van der Waals surface area (Å²) >= 11 is 6.01. The van der Waals surface area contributed by atoms with Crippen LogP contribution in [0.5, 0.6) is 5.75 Å². The summed E-state index contributed by atoms with van der Waals surface area (Å²) in [6.45, 7) is 0.660. The van der Waals surface area contributed by atoms with Crippen LogP contribution in [0.4, 0.5) is 0 Å². The molecule has 0 unspecified atom stereocenters. The smallest absolute Gasteiger partial charge is 0.208 e. The van der Waals surface area contributed by atoms with Crippen molar-refractivity contribution in [1.29, 1.82) is 0 Å². The van der Waals surface area contributed by atoms with Crippen LogP contribution in [-0.4, -0.2) is 18.1 Å². The average molecular weight is 279 g/mol. The Kier molecular flexibility index (Phi) is 3.44. The number of benzene rings is 1. The van der Waals surface area contributed by atoms with Crippen LogP contribution in [0.1, 0.15) is 18.7 Å². The minimum Gasteiger partial charge on any atom is -0.496 e. The number of methoxy groups -OCH3 is 1. The Morgan fingerprint density at radius 1 is 1.47 bits per heavy atom. The van der Waals surface area contributed by atoms with Gasteiger partial charge >= 0.3 is 0 Å². The van der Waals surface area contributed by atoms with Gasteiger partial charge in [-0.2, -0.15) is 0 Å². The molecule has 0 saturated heterocycles. The van der Waals surface area contributed by atoms with Crippen LogP contribution in [0.2, 0.25) is 5.02 Å². The van der Waals surface area contributed by atoms with Crippen molar-refractivity contribution in [3.8, 4) is 17.1 Å². The molecule has 1 aliphatic rings. The van der Waals surface area contributed by atoms with Crippen molar-refractivity contribution >= 4 is 11.6 Å². The average Bonchev–Trinajstić information content (AvgIpc) is 3.13. The molecule has 0 spiro atoms. The molecule has 0 amide bonds. The van der Waals surface area contributed by atoms with Gasteiger partial charge in [0, 0.05) is 11.1 Å². The van der Waals surface area contributed by atoms with Crippen molar-refractivity contribution in [3.05, 3.63) is 35.3 Å². The number of ether oxygens (including phenoxy) is 1. The van der Waals surface area contributed by atoms with Gasteiger partial charge in [-0.15, -0.1) is 0 Å². The minimum absolute atomic E-state index is 0.635. The zero-order chi connectivity index (χ0) is 13.2. The molecule has 1 heterocycles. The zero-order valence-electron chi connectivity index (χ0n) is 10.6. The van der Waals surface area contributed by atoms with Crippen molar-refractivity contribution in [2.45, 2.75) is 25.4 Å². The fourth-order valence-corrected chi connectivity index (χ4v) is 2.08. The van der Waals surface area contributed by atoms with Gasteiger partial charge < -0.3 is 14.5 Å². The van der Waals surface area contributed by atoms with Gasteiger partial charge in [-0.25, -0.2) is 4.98 Å². The summed E-state index contributed by atoms with van der Waals surface area (Å²) in [6.07, 6.45) is 4.20. The van der Waals surface area contributed by atoms with Crippen LogP contribution in [0.25, 0.3) is 11.3 Å². The highest BCUT2D eigenvalue weighted by Crippen LogP contribution is 2.32. The Bertz CT molecular complexity index is 579. The van der Waals surface area contributed by atoms with Crippen molar-refractivity contribution in [3.63, 3.8) is 0 Å². The molecule has 1 aliphatic carbocycles. The highest BCUT2D eigenvalue weighted by atomic mass is 35.5. The first-order chi connectivity index (χ1) is 9.26. The van der Waals surface area contributed by atoms with Gasteiger partial charge in [0.15, 0.2) is 5.76 Å². The zero-order valence-corrected chi connectivity index (χ0v) is 11.4. The summed E-state index contributed by atoms with van der Waals surface area (Å²) in [5.41, 5.74) is 0.820. The van der Waals surface area contributed by atoms with Crippen LogP contribution in [0.3, 0.4) is 0 Å². The third-order valence-electron chi connectivity index (χ3n) is 3.10. The molecular formula is C14H15ClN2O2. The number of hydrogen-bond donors (Lipinski definition) is 1. The van der Waals surface area contributed by atoms with E-state index in [2.05, 4.69) is 10.3 Å². The van der Waals surface area contributed by atoms with Crippen LogP contribution < -0.4 is 10.1 Å². The largest absolute Gasteiger partial charge is 0.496 e. The molecule has 1 aromatic carbocycles. The maximum Gasteiger partial charge on any atom is 0.208 e. The van der Waals surface area contributed by atoms with Gasteiger partial charge in [-0.3, -0.25) is 0 Å². The van der Waals surface area contributed by atoms with Gasteiger partial charge in [-0.05, 0) is 31.0 Å². The lowest BCUT2D eigenvalue weighted by molar-refractivity contribution is 0.413. The SMILES string of the molecule is COc1ccc(Cl)cc1-c1cnc(CNC2CC2)o1. The molecule has 19 heavy (non-hydrogen) atoms. The van der Waals surface area contributed by atoms with E-state index < -0.39 is 0 Å². The molecule has 0 aliphatic heterocycles. The van der Waals surface area contributed by atoms with Gasteiger partial charge in [0.05, 0.1) is 25.4 Å². The summed E-state index contributed by atoms with van der Waals surface area (Å²) < 4.78 is 11.0. The van der Waals surface area contributed by atoms with Gasteiger partial charge in [0.1, 0.15) is 5.75 Å². The number of hydrogen-bond acceptors (Lipinski definition) is 4. The molecule has 5 heteroatoms. The predicted octanol–water partition coefficient (Wildman–Crippen LogP) is 3.26. The van der Waals surface area contributed by atoms with Crippen LogP contribution in [0, 0.1) is 0 Å². The molecule has 2 aromatic rings. The monoisotopic (exact) mass is 278 g/mol. The topological polar surface area (TPSA) is 47.3 Å². The second kappa shape index (κ2) is 5.23. The minimum atomic E-state index is 0.635. The first-order valence-electron chi connectivity index (χ1n) is 6.28. The standard InChI is InChI=1S/C14H15ClN2O2/c1-18-12-5-2-9(15)6-11(12)13-7-17-14(19-13)8-16-10-3-4-10/h2,5-7,10,16H,3-4,8H2,1H3. The molecule has 1 fully saturated rings. The van der Waals surface area contributed by atoms with Crippen molar-refractivity contribution < 1.29 is 9.15 Å². The van der Waals surface area contributed by atoms with E-state index in [-0.39, 0.29) is 0 Å². The van der Waals surface area contributed by atoms with E-state index in [0.29, 0.717) is 29.3 Å². The highest BCUT2D eigenvalue weighted by Gasteiger charge is 2.21. The molecular weight excluding hydrogens is 264 g/mol. The number of nitrogens with zero attached hydrogens (tertiary/aromatic N) is 1. The third-order valence-corrected chi connectivity index (χ3v) is 3.33. The summed E-state index contributed by atoms with van der Waals surface area (Å²) in [5, 5.41) is 4.01. The normalized spacial score (nSPS) is 14.6. The molecule has 3 rings (SSSR count). The molecule has 1 N–H and O–H groups in total. The van der Waals surface area contributed by atoms with Gasteiger partial charge in [-0.1, -0.05) is 11.6 Å². The number of oxazole rings is 1. The van der Waals surface area contributed by atoms with Crippen molar-refractivity contribution in [2.75, 3.05) is 7.11 Å². The van der Waals surface area contributed by atoms with Crippen molar-refractivity contribution in [2.24, 2.45) is 0 Å². The van der Waals surface area contributed by atoms with Crippen LogP contribution in [0.15, 0.2) is 28.8 Å². The molecule has 0 bridgehead atoms. The lowest BCUT2D eigenvalue weighted by Gasteiger charge is -2.05. The van der Waals surface area contributed by atoms with Crippen LogP contribution >= 0.6 is 11.6 Å². The van der Waals surface area contributed by atoms with E-state index in [4.69, 9.17) is 20.8 Å². The number of nitrogens with one attached hydrogen (secondary N) is 1. The first-order valence-corrected chi connectivity index (χ1v) is 6.66. The second-order valence-electron chi connectivity index (χ2n) is 4.62. The number of rotatable bonds is 5. The van der Waals surface area contributed by atoms with Crippen LogP contribution in [-0.2, 0) is 6.54 Å². The number of halogens is 1. The molecule has 0 atom stereocenters. The van der Waals surface area contributed by atoms with E-state index in [1.54, 1.807) is 19.4 Å². The Balaban J connectivity index is 1.82. The van der Waals surface area contributed by atoms with Gasteiger partial charge in [0.2, 0.25) is 5.89 Å². The van der Waals surface area contributed by atoms with E-state index in [1.165, 1.54) is 12.8 Å². The lowest BCUT2D eigenvalue weighted by atomic mass is 10.1. The predicted molar refractivity (Wildman–Crippen MR) is 73.4 cm³/mol. The van der Waals surface area contributed by atoms with E-state index in [9.17, 15) is 0 Å². The maximum atomic E-state index is 6.01. The Morgan fingerprint density at radius 2 is 2.32 bits per heavy atom. The number of aromatic nitrogens is 1. The lowest BCUT2D eigenvalue weighted by Crippen LogP contribution is -2.15. The summed E-state index contributed by atoms with van der Waals surface area (Å²) in [4.78, 5) is 4.27. The summed E-state index contributed by atoms with van der Waals surface area (Å²) in [7, 11) is 1.62. The summed E-state index contributed by atoms with van der Waals surface area (Å²) in [6, 6.07) is 6.06.